The zero-order chi connectivity index (χ0) is 10.9. The third kappa shape index (κ3) is 2.54. The van der Waals surface area contributed by atoms with Crippen molar-refractivity contribution in [3.05, 3.63) is 27.7 Å². The van der Waals surface area contributed by atoms with Gasteiger partial charge < -0.3 is 0 Å². The number of hydrogen-bond acceptors (Lipinski definition) is 1. The van der Waals surface area contributed by atoms with Crippen molar-refractivity contribution in [2.24, 2.45) is 0 Å². The lowest BCUT2D eigenvalue weighted by Crippen LogP contribution is -1.95. The van der Waals surface area contributed by atoms with Crippen molar-refractivity contribution >= 4 is 28.6 Å². The Bertz CT molecular complexity index is 296. The molecule has 0 saturated carbocycles. The summed E-state index contributed by atoms with van der Waals surface area (Å²) in [6, 6.07) is 4.37. The number of hydrogen-bond donors (Lipinski definition) is 1. The maximum Gasteiger partial charge on any atom is 0.0213 e. The predicted molar refractivity (Wildman–Crippen MR) is 69.6 cm³/mol. The highest BCUT2D eigenvalue weighted by molar-refractivity contribution is 9.10. The second-order valence-electron chi connectivity index (χ2n) is 4.24. The minimum atomic E-state index is 0.528. The van der Waals surface area contributed by atoms with Gasteiger partial charge >= 0.3 is 0 Å². The van der Waals surface area contributed by atoms with Crippen LogP contribution in [0.1, 0.15) is 50.7 Å². The van der Waals surface area contributed by atoms with E-state index in [1.807, 2.05) is 0 Å². The van der Waals surface area contributed by atoms with Gasteiger partial charge in [0.25, 0.3) is 0 Å². The van der Waals surface area contributed by atoms with Gasteiger partial charge in [0.2, 0.25) is 0 Å². The summed E-state index contributed by atoms with van der Waals surface area (Å²) in [6.45, 7) is 8.78. The van der Waals surface area contributed by atoms with Crippen molar-refractivity contribution in [1.29, 1.82) is 0 Å². The molecule has 78 valence electrons. The van der Waals surface area contributed by atoms with Gasteiger partial charge in [0.05, 0.1) is 0 Å². The van der Waals surface area contributed by atoms with Crippen molar-refractivity contribution in [1.82, 2.24) is 0 Å². The van der Waals surface area contributed by atoms with Crippen LogP contribution in [0.4, 0.5) is 0 Å². The van der Waals surface area contributed by atoms with E-state index in [1.54, 1.807) is 0 Å². The van der Waals surface area contributed by atoms with Crippen LogP contribution >= 0.6 is 28.6 Å². The molecule has 14 heavy (non-hydrogen) atoms. The molecule has 0 spiro atoms. The normalized spacial score (nSPS) is 11.4. The van der Waals surface area contributed by atoms with Crippen LogP contribution in [0, 0.1) is 0 Å². The molecule has 0 aliphatic carbocycles. The fourth-order valence-electron chi connectivity index (χ4n) is 1.50. The van der Waals surface area contributed by atoms with E-state index in [2.05, 4.69) is 68.4 Å². The van der Waals surface area contributed by atoms with E-state index >= 15 is 0 Å². The highest BCUT2D eigenvalue weighted by Crippen LogP contribution is 2.32. The first-order chi connectivity index (χ1) is 6.43. The fraction of sp³-hybridized carbons (Fsp3) is 0.500. The molecule has 0 N–H and O–H groups in total. The summed E-state index contributed by atoms with van der Waals surface area (Å²) in [5.74, 6) is 1.07. The maximum atomic E-state index is 4.53. The fourth-order valence-corrected chi connectivity index (χ4v) is 2.78. The zero-order valence-electron chi connectivity index (χ0n) is 9.13. The van der Waals surface area contributed by atoms with Gasteiger partial charge in [-0.05, 0) is 35.1 Å². The van der Waals surface area contributed by atoms with Gasteiger partial charge in [-0.3, -0.25) is 0 Å². The molecule has 0 fully saturated rings. The summed E-state index contributed by atoms with van der Waals surface area (Å²) < 4.78 is 1.20. The van der Waals surface area contributed by atoms with Crippen molar-refractivity contribution in [3.8, 4) is 0 Å². The molecule has 0 radical (unpaired) electrons. The molecule has 1 rings (SSSR count). The summed E-state index contributed by atoms with van der Waals surface area (Å²) >= 11 is 8.14. The third-order valence-corrected chi connectivity index (χ3v) is 3.46. The first-order valence-electron chi connectivity index (χ1n) is 4.95. The van der Waals surface area contributed by atoms with E-state index < -0.39 is 0 Å². The summed E-state index contributed by atoms with van der Waals surface area (Å²) in [4.78, 5) is 1.10. The van der Waals surface area contributed by atoms with Crippen molar-refractivity contribution in [2.75, 3.05) is 0 Å². The molecule has 0 atom stereocenters. The Balaban J connectivity index is 3.24. The van der Waals surface area contributed by atoms with Gasteiger partial charge in [-0.2, -0.15) is 0 Å². The lowest BCUT2D eigenvalue weighted by molar-refractivity contribution is 0.818. The zero-order valence-corrected chi connectivity index (χ0v) is 11.6. The van der Waals surface area contributed by atoms with Gasteiger partial charge in [-0.1, -0.05) is 43.6 Å². The van der Waals surface area contributed by atoms with Crippen LogP contribution in [0.2, 0.25) is 0 Å². The Morgan fingerprint density at radius 2 is 1.50 bits per heavy atom. The minimum absolute atomic E-state index is 0.528. The number of thiol groups is 1. The first-order valence-corrected chi connectivity index (χ1v) is 6.19. The third-order valence-electron chi connectivity index (χ3n) is 2.39. The average Bonchev–Trinajstić information content (AvgIpc) is 2.07. The Labute approximate surface area is 101 Å². The molecule has 0 nitrogen and oxygen atoms in total. The van der Waals surface area contributed by atoms with Crippen molar-refractivity contribution in [2.45, 2.75) is 44.4 Å². The minimum Gasteiger partial charge on any atom is -0.143 e. The van der Waals surface area contributed by atoms with Crippen LogP contribution in [0.5, 0.6) is 0 Å². The molecule has 2 heteroatoms. The molecule has 0 aromatic heterocycles. The monoisotopic (exact) mass is 272 g/mol. The molecular formula is C12H17BrS. The van der Waals surface area contributed by atoms with E-state index in [9.17, 15) is 0 Å². The summed E-state index contributed by atoms with van der Waals surface area (Å²) in [5.41, 5.74) is 2.64. The summed E-state index contributed by atoms with van der Waals surface area (Å²) in [5, 5.41) is 0. The number of halogens is 1. The molecule has 0 unspecified atom stereocenters. The molecule has 1 aromatic rings. The lowest BCUT2D eigenvalue weighted by Gasteiger charge is -2.15. The van der Waals surface area contributed by atoms with Crippen molar-refractivity contribution < 1.29 is 0 Å². The largest absolute Gasteiger partial charge is 0.143 e. The standard InChI is InChI=1S/C12H17BrS/c1-7(2)9-6-12(14)10(8(3)4)5-11(9)13/h5-8,14H,1-4H3. The average molecular weight is 273 g/mol. The van der Waals surface area contributed by atoms with Gasteiger partial charge in [0.1, 0.15) is 0 Å². The molecule has 1 aromatic carbocycles. The highest BCUT2D eigenvalue weighted by Gasteiger charge is 2.10. The van der Waals surface area contributed by atoms with E-state index in [0.29, 0.717) is 11.8 Å². The molecule has 0 aliphatic rings. The lowest BCUT2D eigenvalue weighted by atomic mass is 9.97. The summed E-state index contributed by atoms with van der Waals surface area (Å²) in [6.07, 6.45) is 0. The van der Waals surface area contributed by atoms with Gasteiger partial charge in [-0.25, -0.2) is 0 Å². The molecule has 0 amide bonds. The van der Waals surface area contributed by atoms with E-state index in [-0.39, 0.29) is 0 Å². The predicted octanol–water partition coefficient (Wildman–Crippen LogP) is 4.98. The Morgan fingerprint density at radius 1 is 1.00 bits per heavy atom. The quantitative estimate of drug-likeness (QED) is 0.721. The SMILES string of the molecule is CC(C)c1cc(Br)c(C(C)C)cc1S. The second kappa shape index (κ2) is 4.71. The molecule has 0 saturated heterocycles. The van der Waals surface area contributed by atoms with Crippen LogP contribution < -0.4 is 0 Å². The number of rotatable bonds is 2. The van der Waals surface area contributed by atoms with Crippen LogP contribution in [0.15, 0.2) is 21.5 Å². The van der Waals surface area contributed by atoms with E-state index in [0.717, 1.165) is 4.90 Å². The summed E-state index contributed by atoms with van der Waals surface area (Å²) in [7, 11) is 0. The van der Waals surface area contributed by atoms with Crippen LogP contribution in [0.25, 0.3) is 0 Å². The molecule has 0 aliphatic heterocycles. The number of benzene rings is 1. The highest BCUT2D eigenvalue weighted by atomic mass is 79.9. The Kier molecular flexibility index (Phi) is 4.08. The van der Waals surface area contributed by atoms with Gasteiger partial charge in [0, 0.05) is 9.37 Å². The Hall–Kier alpha value is 0.0500. The molecule has 0 bridgehead atoms. The first kappa shape index (κ1) is 12.1. The second-order valence-corrected chi connectivity index (χ2v) is 5.58. The van der Waals surface area contributed by atoms with Crippen LogP contribution in [-0.4, -0.2) is 0 Å². The van der Waals surface area contributed by atoms with E-state index in [4.69, 9.17) is 0 Å². The molecular weight excluding hydrogens is 256 g/mol. The van der Waals surface area contributed by atoms with Gasteiger partial charge in [0.15, 0.2) is 0 Å². The van der Waals surface area contributed by atoms with Crippen LogP contribution in [0.3, 0.4) is 0 Å². The maximum absolute atomic E-state index is 4.53. The molecule has 0 heterocycles. The van der Waals surface area contributed by atoms with E-state index in [1.165, 1.54) is 15.6 Å². The van der Waals surface area contributed by atoms with Crippen LogP contribution in [-0.2, 0) is 0 Å². The smallest absolute Gasteiger partial charge is 0.0213 e. The van der Waals surface area contributed by atoms with Gasteiger partial charge in [-0.15, -0.1) is 12.6 Å². The topological polar surface area (TPSA) is 0 Å². The van der Waals surface area contributed by atoms with Crippen molar-refractivity contribution in [3.63, 3.8) is 0 Å². The Morgan fingerprint density at radius 3 is 1.93 bits per heavy atom.